The number of hydrogen-bond donors (Lipinski definition) is 3. The largest absolute Gasteiger partial charge is 0.364 e. The molecule has 0 aliphatic heterocycles. The Labute approximate surface area is 111 Å². The standard InChI is InChI=1S/C13H17N5O/c1-9(19)7-15-12-6-13(18-10(2)17-12)16-8-11-4-3-5-14-11/h3-6,14H,7-8H2,1-2H3,(H2,15,16,17,18). The maximum absolute atomic E-state index is 10.9. The molecule has 0 saturated carbocycles. The summed E-state index contributed by atoms with van der Waals surface area (Å²) in [4.78, 5) is 22.6. The van der Waals surface area contributed by atoms with Crippen LogP contribution in [-0.2, 0) is 11.3 Å². The molecule has 0 atom stereocenters. The van der Waals surface area contributed by atoms with Crippen molar-refractivity contribution in [2.75, 3.05) is 17.2 Å². The van der Waals surface area contributed by atoms with E-state index in [0.29, 0.717) is 18.2 Å². The third kappa shape index (κ3) is 4.09. The molecule has 19 heavy (non-hydrogen) atoms. The zero-order chi connectivity index (χ0) is 13.7. The predicted octanol–water partition coefficient (Wildman–Crippen LogP) is 1.73. The second-order valence-corrected chi connectivity index (χ2v) is 4.29. The van der Waals surface area contributed by atoms with E-state index in [4.69, 9.17) is 0 Å². The fraction of sp³-hybridized carbons (Fsp3) is 0.308. The van der Waals surface area contributed by atoms with Crippen LogP contribution in [0.15, 0.2) is 24.4 Å². The highest BCUT2D eigenvalue weighted by molar-refractivity contribution is 5.80. The summed E-state index contributed by atoms with van der Waals surface area (Å²) in [5.74, 6) is 2.10. The van der Waals surface area contributed by atoms with E-state index in [2.05, 4.69) is 25.6 Å². The molecule has 2 aromatic heterocycles. The number of H-pyrrole nitrogens is 1. The first kappa shape index (κ1) is 13.1. The van der Waals surface area contributed by atoms with Gasteiger partial charge in [0.25, 0.3) is 0 Å². The number of carbonyl (C=O) groups is 1. The minimum Gasteiger partial charge on any atom is -0.364 e. The molecule has 3 N–H and O–H groups in total. The Bertz CT molecular complexity index is 550. The molecule has 100 valence electrons. The lowest BCUT2D eigenvalue weighted by Gasteiger charge is -2.08. The van der Waals surface area contributed by atoms with Gasteiger partial charge in [0.1, 0.15) is 23.2 Å². The lowest BCUT2D eigenvalue weighted by molar-refractivity contribution is -0.115. The van der Waals surface area contributed by atoms with Gasteiger partial charge in [0.05, 0.1) is 13.1 Å². The summed E-state index contributed by atoms with van der Waals surface area (Å²) in [5.41, 5.74) is 1.08. The molecule has 0 aliphatic carbocycles. The van der Waals surface area contributed by atoms with E-state index in [1.807, 2.05) is 25.3 Å². The molecule has 6 heteroatoms. The lowest BCUT2D eigenvalue weighted by atomic mass is 10.4. The Balaban J connectivity index is 2.01. The SMILES string of the molecule is CC(=O)CNc1cc(NCc2ccc[nH]2)nc(C)n1. The van der Waals surface area contributed by atoms with Crippen molar-refractivity contribution in [3.05, 3.63) is 35.9 Å². The van der Waals surface area contributed by atoms with Crippen LogP contribution in [0, 0.1) is 6.92 Å². The van der Waals surface area contributed by atoms with E-state index in [9.17, 15) is 4.79 Å². The maximum Gasteiger partial charge on any atom is 0.148 e. The first-order chi connectivity index (χ1) is 9.13. The van der Waals surface area contributed by atoms with Crippen molar-refractivity contribution in [1.82, 2.24) is 15.0 Å². The Morgan fingerprint density at radius 2 is 2.05 bits per heavy atom. The summed E-state index contributed by atoms with van der Waals surface area (Å²) >= 11 is 0. The molecule has 6 nitrogen and oxygen atoms in total. The summed E-state index contributed by atoms with van der Waals surface area (Å²) in [6.07, 6.45) is 1.88. The minimum absolute atomic E-state index is 0.0668. The van der Waals surface area contributed by atoms with Gasteiger partial charge in [0, 0.05) is 18.0 Å². The van der Waals surface area contributed by atoms with Gasteiger partial charge in [-0.3, -0.25) is 4.79 Å². The van der Waals surface area contributed by atoms with Gasteiger partial charge < -0.3 is 15.6 Å². The molecule has 0 radical (unpaired) electrons. The van der Waals surface area contributed by atoms with E-state index in [0.717, 1.165) is 11.5 Å². The van der Waals surface area contributed by atoms with Gasteiger partial charge in [-0.1, -0.05) is 0 Å². The molecule has 0 unspecified atom stereocenters. The quantitative estimate of drug-likeness (QED) is 0.736. The van der Waals surface area contributed by atoms with E-state index in [1.54, 1.807) is 6.07 Å². The second kappa shape index (κ2) is 5.99. The summed E-state index contributed by atoms with van der Waals surface area (Å²) in [5, 5.41) is 6.18. The predicted molar refractivity (Wildman–Crippen MR) is 74.1 cm³/mol. The van der Waals surface area contributed by atoms with Crippen molar-refractivity contribution < 1.29 is 4.79 Å². The fourth-order valence-corrected chi connectivity index (χ4v) is 1.63. The molecular weight excluding hydrogens is 242 g/mol. The van der Waals surface area contributed by atoms with Crippen molar-refractivity contribution in [2.45, 2.75) is 20.4 Å². The highest BCUT2D eigenvalue weighted by Gasteiger charge is 2.03. The Kier molecular flexibility index (Phi) is 4.12. The highest BCUT2D eigenvalue weighted by Crippen LogP contribution is 2.11. The fourth-order valence-electron chi connectivity index (χ4n) is 1.63. The molecule has 2 aromatic rings. The summed E-state index contributed by atoms with van der Waals surface area (Å²) in [7, 11) is 0. The molecule has 0 amide bonds. The second-order valence-electron chi connectivity index (χ2n) is 4.29. The van der Waals surface area contributed by atoms with Crippen molar-refractivity contribution >= 4 is 17.4 Å². The normalized spacial score (nSPS) is 10.2. The number of nitrogens with zero attached hydrogens (tertiary/aromatic N) is 2. The number of nitrogens with one attached hydrogen (secondary N) is 3. The van der Waals surface area contributed by atoms with Gasteiger partial charge in [-0.25, -0.2) is 9.97 Å². The smallest absolute Gasteiger partial charge is 0.148 e. The van der Waals surface area contributed by atoms with Gasteiger partial charge in [-0.15, -0.1) is 0 Å². The third-order valence-corrected chi connectivity index (χ3v) is 2.48. The lowest BCUT2D eigenvalue weighted by Crippen LogP contribution is -2.12. The average molecular weight is 259 g/mol. The van der Waals surface area contributed by atoms with Gasteiger partial charge in [0.2, 0.25) is 0 Å². The zero-order valence-electron chi connectivity index (χ0n) is 11.0. The van der Waals surface area contributed by atoms with Gasteiger partial charge >= 0.3 is 0 Å². The topological polar surface area (TPSA) is 82.7 Å². The zero-order valence-corrected chi connectivity index (χ0v) is 11.0. The highest BCUT2D eigenvalue weighted by atomic mass is 16.1. The van der Waals surface area contributed by atoms with Crippen LogP contribution in [-0.4, -0.2) is 27.3 Å². The van der Waals surface area contributed by atoms with E-state index in [1.165, 1.54) is 6.92 Å². The number of ketones is 1. The van der Waals surface area contributed by atoms with E-state index < -0.39 is 0 Å². The van der Waals surface area contributed by atoms with Gasteiger partial charge in [0.15, 0.2) is 0 Å². The molecule has 2 heterocycles. The average Bonchev–Trinajstić information content (AvgIpc) is 2.86. The van der Waals surface area contributed by atoms with Crippen molar-refractivity contribution in [3.63, 3.8) is 0 Å². The van der Waals surface area contributed by atoms with Crippen LogP contribution in [0.4, 0.5) is 11.6 Å². The Morgan fingerprint density at radius 1 is 1.32 bits per heavy atom. The van der Waals surface area contributed by atoms with Crippen LogP contribution < -0.4 is 10.6 Å². The van der Waals surface area contributed by atoms with Crippen LogP contribution in [0.2, 0.25) is 0 Å². The Hall–Kier alpha value is -2.37. The van der Waals surface area contributed by atoms with Gasteiger partial charge in [-0.2, -0.15) is 0 Å². The molecule has 0 saturated heterocycles. The van der Waals surface area contributed by atoms with E-state index in [-0.39, 0.29) is 12.3 Å². The number of carbonyl (C=O) groups excluding carboxylic acids is 1. The third-order valence-electron chi connectivity index (χ3n) is 2.48. The first-order valence-electron chi connectivity index (χ1n) is 6.08. The number of anilines is 2. The van der Waals surface area contributed by atoms with Crippen LogP contribution in [0.1, 0.15) is 18.4 Å². The molecule has 0 aliphatic rings. The number of rotatable bonds is 6. The minimum atomic E-state index is 0.0668. The van der Waals surface area contributed by atoms with Crippen LogP contribution in [0.5, 0.6) is 0 Å². The summed E-state index contributed by atoms with van der Waals surface area (Å²) in [6, 6.07) is 5.73. The number of aromatic amines is 1. The van der Waals surface area contributed by atoms with Crippen LogP contribution >= 0.6 is 0 Å². The molecule has 2 rings (SSSR count). The van der Waals surface area contributed by atoms with Gasteiger partial charge in [-0.05, 0) is 26.0 Å². The van der Waals surface area contributed by atoms with Crippen molar-refractivity contribution in [1.29, 1.82) is 0 Å². The van der Waals surface area contributed by atoms with Crippen LogP contribution in [0.25, 0.3) is 0 Å². The molecule has 0 aromatic carbocycles. The Morgan fingerprint density at radius 3 is 2.68 bits per heavy atom. The first-order valence-corrected chi connectivity index (χ1v) is 6.08. The number of aryl methyl sites for hydroxylation is 1. The maximum atomic E-state index is 10.9. The molecule has 0 fully saturated rings. The van der Waals surface area contributed by atoms with E-state index >= 15 is 0 Å². The number of Topliss-reactive ketones (excluding diaryl/α,β-unsaturated/α-hetero) is 1. The van der Waals surface area contributed by atoms with Crippen LogP contribution in [0.3, 0.4) is 0 Å². The molecule has 0 bridgehead atoms. The molecular formula is C13H17N5O. The van der Waals surface area contributed by atoms with Crippen molar-refractivity contribution in [3.8, 4) is 0 Å². The molecule has 0 spiro atoms. The van der Waals surface area contributed by atoms with Crippen molar-refractivity contribution in [2.24, 2.45) is 0 Å². The summed E-state index contributed by atoms with van der Waals surface area (Å²) in [6.45, 7) is 4.28. The summed E-state index contributed by atoms with van der Waals surface area (Å²) < 4.78 is 0. The monoisotopic (exact) mass is 259 g/mol. The number of aromatic nitrogens is 3. The number of hydrogen-bond acceptors (Lipinski definition) is 5.